The second-order valence-electron chi connectivity index (χ2n) is 5.09. The second-order valence-corrected chi connectivity index (χ2v) is 8.27. The van der Waals surface area contributed by atoms with Crippen LogP contribution in [0.5, 0.6) is 23.0 Å². The van der Waals surface area contributed by atoms with E-state index in [9.17, 15) is 13.2 Å². The minimum Gasteiger partial charge on any atom is -0.494 e. The van der Waals surface area contributed by atoms with Gasteiger partial charge in [-0.1, -0.05) is 11.6 Å². The van der Waals surface area contributed by atoms with Crippen molar-refractivity contribution in [1.29, 1.82) is 0 Å². The summed E-state index contributed by atoms with van der Waals surface area (Å²) in [6.07, 6.45) is -3.07. The SMILES string of the molecule is CCOc1ccc(Oc2ccc(OCC=C(Br)Br)c(C(F)(F)F)c2)c(Cl)c1. The van der Waals surface area contributed by atoms with Crippen molar-refractivity contribution in [3.8, 4) is 23.0 Å². The third-order valence-electron chi connectivity index (χ3n) is 3.18. The lowest BCUT2D eigenvalue weighted by Gasteiger charge is -2.15. The Morgan fingerprint density at radius 2 is 1.70 bits per heavy atom. The van der Waals surface area contributed by atoms with E-state index < -0.39 is 11.7 Å². The minimum atomic E-state index is -4.60. The van der Waals surface area contributed by atoms with Crippen molar-refractivity contribution in [2.45, 2.75) is 13.1 Å². The number of halogens is 6. The maximum absolute atomic E-state index is 13.4. The molecule has 0 radical (unpaired) electrons. The van der Waals surface area contributed by atoms with Gasteiger partial charge in [-0.15, -0.1) is 0 Å². The van der Waals surface area contributed by atoms with Gasteiger partial charge in [-0.25, -0.2) is 0 Å². The summed E-state index contributed by atoms with van der Waals surface area (Å²) in [6, 6.07) is 8.14. The van der Waals surface area contributed by atoms with Gasteiger partial charge >= 0.3 is 6.18 Å². The minimum absolute atomic E-state index is 0.0158. The predicted octanol–water partition coefficient (Wildman–Crippen LogP) is 7.56. The standard InChI is InChI=1S/C18H14Br2ClF3O3/c1-2-25-11-3-6-16(14(21)10-11)27-12-4-5-15(26-8-7-17(19)20)13(9-12)18(22,23)24/h3-7,9-10H,2,8H2,1H3. The lowest BCUT2D eigenvalue weighted by atomic mass is 10.2. The Morgan fingerprint density at radius 1 is 1.04 bits per heavy atom. The van der Waals surface area contributed by atoms with Crippen molar-refractivity contribution in [2.24, 2.45) is 0 Å². The molecule has 2 aromatic rings. The van der Waals surface area contributed by atoms with Crippen molar-refractivity contribution >= 4 is 43.5 Å². The van der Waals surface area contributed by atoms with Crippen molar-refractivity contribution in [1.82, 2.24) is 0 Å². The third kappa shape index (κ3) is 6.62. The molecule has 0 fully saturated rings. The molecule has 3 nitrogen and oxygen atoms in total. The first-order chi connectivity index (χ1) is 12.7. The van der Waals surface area contributed by atoms with Crippen LogP contribution in [0.1, 0.15) is 12.5 Å². The summed E-state index contributed by atoms with van der Waals surface area (Å²) in [4.78, 5) is 0. The quantitative estimate of drug-likeness (QED) is 0.370. The largest absolute Gasteiger partial charge is 0.494 e. The van der Waals surface area contributed by atoms with E-state index in [0.717, 1.165) is 6.07 Å². The van der Waals surface area contributed by atoms with Gasteiger partial charge in [0.2, 0.25) is 0 Å². The normalized spacial score (nSPS) is 11.1. The highest BCUT2D eigenvalue weighted by Crippen LogP contribution is 2.40. The Bertz CT molecular complexity index is 822. The van der Waals surface area contributed by atoms with E-state index in [4.69, 9.17) is 25.8 Å². The molecule has 0 N–H and O–H groups in total. The monoisotopic (exact) mass is 528 g/mol. The van der Waals surface area contributed by atoms with Crippen molar-refractivity contribution < 1.29 is 27.4 Å². The molecule has 0 aliphatic carbocycles. The molecule has 0 atom stereocenters. The number of rotatable bonds is 7. The van der Waals surface area contributed by atoms with E-state index >= 15 is 0 Å². The summed E-state index contributed by atoms with van der Waals surface area (Å²) in [5, 5.41) is 0.224. The Morgan fingerprint density at radius 3 is 2.30 bits per heavy atom. The van der Waals surface area contributed by atoms with Crippen molar-refractivity contribution in [2.75, 3.05) is 13.2 Å². The van der Waals surface area contributed by atoms with Crippen LogP contribution in [0.3, 0.4) is 0 Å². The van der Waals surface area contributed by atoms with E-state index in [2.05, 4.69) is 31.9 Å². The fourth-order valence-electron chi connectivity index (χ4n) is 2.06. The zero-order chi connectivity index (χ0) is 20.0. The average molecular weight is 531 g/mol. The Labute approximate surface area is 176 Å². The molecule has 9 heteroatoms. The second kappa shape index (κ2) is 9.71. The lowest BCUT2D eigenvalue weighted by Crippen LogP contribution is -2.09. The predicted molar refractivity (Wildman–Crippen MR) is 106 cm³/mol. The van der Waals surface area contributed by atoms with Crippen LogP contribution in [0.15, 0.2) is 45.9 Å². The molecule has 0 heterocycles. The van der Waals surface area contributed by atoms with Crippen molar-refractivity contribution in [3.63, 3.8) is 0 Å². The van der Waals surface area contributed by atoms with E-state index in [1.165, 1.54) is 30.3 Å². The van der Waals surface area contributed by atoms with Crippen LogP contribution in [-0.4, -0.2) is 13.2 Å². The van der Waals surface area contributed by atoms with Crippen molar-refractivity contribution in [3.05, 3.63) is 56.5 Å². The van der Waals surface area contributed by atoms with Gasteiger partial charge in [-0.2, -0.15) is 13.2 Å². The number of hydrogen-bond donors (Lipinski definition) is 0. The highest BCUT2D eigenvalue weighted by molar-refractivity contribution is 9.28. The van der Waals surface area contributed by atoms with Gasteiger partial charge in [0.25, 0.3) is 0 Å². The van der Waals surface area contributed by atoms with Gasteiger partial charge in [0.15, 0.2) is 0 Å². The van der Waals surface area contributed by atoms with E-state index in [-0.39, 0.29) is 28.9 Å². The summed E-state index contributed by atoms with van der Waals surface area (Å²) in [5.41, 5.74) is -0.943. The Kier molecular flexibility index (Phi) is 7.88. The van der Waals surface area contributed by atoms with Gasteiger partial charge in [0, 0.05) is 6.07 Å². The number of hydrogen-bond acceptors (Lipinski definition) is 3. The van der Waals surface area contributed by atoms with Crippen LogP contribution in [0.25, 0.3) is 0 Å². The molecule has 27 heavy (non-hydrogen) atoms. The molecular weight excluding hydrogens is 516 g/mol. The molecule has 146 valence electrons. The molecule has 2 aromatic carbocycles. The molecule has 2 rings (SSSR count). The summed E-state index contributed by atoms with van der Waals surface area (Å²) >= 11 is 12.3. The van der Waals surface area contributed by atoms with Crippen LogP contribution < -0.4 is 14.2 Å². The molecule has 0 amide bonds. The zero-order valence-electron chi connectivity index (χ0n) is 13.9. The average Bonchev–Trinajstić information content (AvgIpc) is 2.57. The summed E-state index contributed by atoms with van der Waals surface area (Å²) in [5.74, 6) is 0.441. The zero-order valence-corrected chi connectivity index (χ0v) is 17.9. The molecule has 0 spiro atoms. The Hall–Kier alpha value is -1.38. The topological polar surface area (TPSA) is 27.7 Å². The van der Waals surface area contributed by atoms with E-state index in [1.54, 1.807) is 6.07 Å². The summed E-state index contributed by atoms with van der Waals surface area (Å²) < 4.78 is 56.7. The van der Waals surface area contributed by atoms with Crippen LogP contribution in [-0.2, 0) is 6.18 Å². The lowest BCUT2D eigenvalue weighted by molar-refractivity contribution is -0.138. The van der Waals surface area contributed by atoms with E-state index in [0.29, 0.717) is 15.7 Å². The molecule has 0 aromatic heterocycles. The summed E-state index contributed by atoms with van der Waals surface area (Å²) in [6.45, 7) is 2.25. The van der Waals surface area contributed by atoms with Gasteiger partial charge < -0.3 is 14.2 Å². The Balaban J connectivity index is 2.26. The third-order valence-corrected chi connectivity index (χ3v) is 4.12. The molecule has 0 saturated heterocycles. The van der Waals surface area contributed by atoms with Gasteiger partial charge in [0.1, 0.15) is 35.2 Å². The molecule has 0 aliphatic rings. The first kappa shape index (κ1) is 21.9. The fourth-order valence-corrected chi connectivity index (χ4v) is 2.54. The summed E-state index contributed by atoms with van der Waals surface area (Å²) in [7, 11) is 0. The molecule has 0 unspecified atom stereocenters. The highest BCUT2D eigenvalue weighted by Gasteiger charge is 2.35. The van der Waals surface area contributed by atoms with Crippen LogP contribution in [0, 0.1) is 0 Å². The number of benzene rings is 2. The maximum atomic E-state index is 13.4. The van der Waals surface area contributed by atoms with Gasteiger partial charge in [-0.3, -0.25) is 0 Å². The van der Waals surface area contributed by atoms with Gasteiger partial charge in [0.05, 0.1) is 15.0 Å². The van der Waals surface area contributed by atoms with Crippen LogP contribution in [0.2, 0.25) is 5.02 Å². The molecule has 0 aliphatic heterocycles. The van der Waals surface area contributed by atoms with Gasteiger partial charge in [-0.05, 0) is 75.2 Å². The first-order valence-electron chi connectivity index (χ1n) is 7.66. The number of ether oxygens (including phenoxy) is 3. The molecular formula is C18H14Br2ClF3O3. The fraction of sp³-hybridized carbons (Fsp3) is 0.222. The maximum Gasteiger partial charge on any atom is 0.420 e. The van der Waals surface area contributed by atoms with E-state index in [1.807, 2.05) is 6.92 Å². The molecule has 0 bridgehead atoms. The molecule has 0 saturated carbocycles. The number of alkyl halides is 3. The highest BCUT2D eigenvalue weighted by atomic mass is 79.9. The first-order valence-corrected chi connectivity index (χ1v) is 9.62. The van der Waals surface area contributed by atoms with Crippen LogP contribution in [0.4, 0.5) is 13.2 Å². The smallest absolute Gasteiger partial charge is 0.420 e. The van der Waals surface area contributed by atoms with Crippen LogP contribution >= 0.6 is 43.5 Å².